The summed E-state index contributed by atoms with van der Waals surface area (Å²) in [6.45, 7) is 11.9. The highest BCUT2D eigenvalue weighted by atomic mass is 16.5. The van der Waals surface area contributed by atoms with Crippen molar-refractivity contribution in [3.05, 3.63) is 34.7 Å². The predicted octanol–water partition coefficient (Wildman–Crippen LogP) is 4.79. The number of hydrogen-bond acceptors (Lipinski definition) is 3. The molecule has 0 fully saturated rings. The highest BCUT2D eigenvalue weighted by Gasteiger charge is 2.12. The smallest absolute Gasteiger partial charge is 0.354 e. The van der Waals surface area contributed by atoms with Crippen LogP contribution in [0.2, 0.25) is 0 Å². The lowest BCUT2D eigenvalue weighted by atomic mass is 10.0. The van der Waals surface area contributed by atoms with Gasteiger partial charge in [0, 0.05) is 12.3 Å². The zero-order chi connectivity index (χ0) is 17.2. The lowest BCUT2D eigenvalue weighted by Crippen LogP contribution is -2.04. The lowest BCUT2D eigenvalue weighted by Gasteiger charge is -2.10. The van der Waals surface area contributed by atoms with E-state index in [4.69, 9.17) is 9.47 Å². The molecule has 0 bridgehead atoms. The number of rotatable bonds is 10. The molecule has 0 saturated carbocycles. The molecule has 1 aromatic heterocycles. The SMILES string of the molecule is CCOC(=O)c1cc(COCCC(C)CCC=C(C)C)c(C)[nH]1. The number of hydrogen-bond donors (Lipinski definition) is 1. The van der Waals surface area contributed by atoms with Crippen LogP contribution in [0.3, 0.4) is 0 Å². The minimum absolute atomic E-state index is 0.310. The lowest BCUT2D eigenvalue weighted by molar-refractivity contribution is 0.0520. The average Bonchev–Trinajstić information content (AvgIpc) is 2.85. The van der Waals surface area contributed by atoms with E-state index >= 15 is 0 Å². The third kappa shape index (κ3) is 7.51. The largest absolute Gasteiger partial charge is 0.461 e. The van der Waals surface area contributed by atoms with E-state index in [1.54, 1.807) is 6.92 Å². The minimum atomic E-state index is -0.310. The summed E-state index contributed by atoms with van der Waals surface area (Å²) >= 11 is 0. The fourth-order valence-electron chi connectivity index (χ4n) is 2.34. The fraction of sp³-hybridized carbons (Fsp3) is 0.632. The van der Waals surface area contributed by atoms with E-state index in [0.717, 1.165) is 30.7 Å². The number of allylic oxidation sites excluding steroid dienone is 2. The molecule has 0 aromatic carbocycles. The van der Waals surface area contributed by atoms with Crippen molar-refractivity contribution < 1.29 is 14.3 Å². The van der Waals surface area contributed by atoms with Crippen molar-refractivity contribution in [2.75, 3.05) is 13.2 Å². The summed E-state index contributed by atoms with van der Waals surface area (Å²) in [5.74, 6) is 0.350. The summed E-state index contributed by atoms with van der Waals surface area (Å²) in [6.07, 6.45) is 5.69. The van der Waals surface area contributed by atoms with Gasteiger partial charge in [0.05, 0.1) is 13.2 Å². The maximum absolute atomic E-state index is 11.7. The zero-order valence-corrected chi connectivity index (χ0v) is 15.2. The summed E-state index contributed by atoms with van der Waals surface area (Å²) < 4.78 is 10.8. The Hall–Kier alpha value is -1.55. The normalized spacial score (nSPS) is 12.0. The number of esters is 1. The van der Waals surface area contributed by atoms with Crippen molar-refractivity contribution in [3.63, 3.8) is 0 Å². The number of aromatic amines is 1. The van der Waals surface area contributed by atoms with Crippen LogP contribution < -0.4 is 0 Å². The van der Waals surface area contributed by atoms with E-state index in [2.05, 4.69) is 31.8 Å². The Labute approximate surface area is 140 Å². The molecule has 1 heterocycles. The van der Waals surface area contributed by atoms with E-state index in [1.165, 1.54) is 12.0 Å². The molecule has 130 valence electrons. The molecule has 0 amide bonds. The molecule has 23 heavy (non-hydrogen) atoms. The molecule has 0 aliphatic heterocycles. The molecule has 0 aliphatic carbocycles. The van der Waals surface area contributed by atoms with E-state index in [9.17, 15) is 4.79 Å². The Balaban J connectivity index is 2.30. The Bertz CT molecular complexity index is 513. The molecule has 1 atom stereocenters. The quantitative estimate of drug-likeness (QED) is 0.383. The molecule has 1 N–H and O–H groups in total. The molecule has 0 spiro atoms. The second-order valence-electron chi connectivity index (χ2n) is 6.36. The molecule has 0 saturated heterocycles. The molecule has 1 unspecified atom stereocenters. The first-order valence-corrected chi connectivity index (χ1v) is 8.50. The van der Waals surface area contributed by atoms with Crippen molar-refractivity contribution >= 4 is 5.97 Å². The number of aryl methyl sites for hydroxylation is 1. The van der Waals surface area contributed by atoms with Crippen LogP contribution in [0.15, 0.2) is 17.7 Å². The molecule has 0 radical (unpaired) electrons. The second kappa shape index (κ2) is 10.3. The Morgan fingerprint density at radius 2 is 2.09 bits per heavy atom. The van der Waals surface area contributed by atoms with Crippen LogP contribution in [-0.4, -0.2) is 24.2 Å². The van der Waals surface area contributed by atoms with Gasteiger partial charge in [-0.05, 0) is 64.5 Å². The van der Waals surface area contributed by atoms with Crippen LogP contribution in [0.25, 0.3) is 0 Å². The number of ether oxygens (including phenoxy) is 2. The van der Waals surface area contributed by atoms with Crippen molar-refractivity contribution in [2.45, 2.75) is 60.5 Å². The summed E-state index contributed by atoms with van der Waals surface area (Å²) in [5.41, 5.74) is 3.86. The maximum Gasteiger partial charge on any atom is 0.354 e. The predicted molar refractivity (Wildman–Crippen MR) is 93.6 cm³/mol. The average molecular weight is 321 g/mol. The molecule has 1 aromatic rings. The number of carbonyl (C=O) groups excluding carboxylic acids is 1. The van der Waals surface area contributed by atoms with Gasteiger partial charge in [0.15, 0.2) is 0 Å². The molecule has 4 heteroatoms. The summed E-state index contributed by atoms with van der Waals surface area (Å²) in [5, 5.41) is 0. The molecular formula is C19H31NO3. The van der Waals surface area contributed by atoms with Gasteiger partial charge in [0.2, 0.25) is 0 Å². The molecule has 4 nitrogen and oxygen atoms in total. The van der Waals surface area contributed by atoms with Crippen molar-refractivity contribution in [3.8, 4) is 0 Å². The highest BCUT2D eigenvalue weighted by molar-refractivity contribution is 5.87. The van der Waals surface area contributed by atoms with Crippen LogP contribution in [0.4, 0.5) is 0 Å². The first kappa shape index (κ1) is 19.5. The maximum atomic E-state index is 11.7. The van der Waals surface area contributed by atoms with Crippen LogP contribution >= 0.6 is 0 Å². The highest BCUT2D eigenvalue weighted by Crippen LogP contribution is 2.15. The minimum Gasteiger partial charge on any atom is -0.461 e. The monoisotopic (exact) mass is 321 g/mol. The standard InChI is InChI=1S/C19H31NO3/c1-6-23-19(21)18-12-17(16(5)20-18)13-22-11-10-15(4)9-7-8-14(2)3/h8,12,15,20H,6-7,9-11,13H2,1-5H3. The summed E-state index contributed by atoms with van der Waals surface area (Å²) in [7, 11) is 0. The fourth-order valence-corrected chi connectivity index (χ4v) is 2.34. The topological polar surface area (TPSA) is 51.3 Å². The number of aromatic nitrogens is 1. The van der Waals surface area contributed by atoms with Gasteiger partial charge in [0.1, 0.15) is 5.69 Å². The summed E-state index contributed by atoms with van der Waals surface area (Å²) in [6, 6.07) is 1.82. The van der Waals surface area contributed by atoms with Gasteiger partial charge in [-0.2, -0.15) is 0 Å². The van der Waals surface area contributed by atoms with Gasteiger partial charge in [0.25, 0.3) is 0 Å². The van der Waals surface area contributed by atoms with Gasteiger partial charge in [-0.1, -0.05) is 18.6 Å². The molecule has 0 aliphatic rings. The number of carbonyl (C=O) groups is 1. The summed E-state index contributed by atoms with van der Waals surface area (Å²) in [4.78, 5) is 14.7. The molecule has 1 rings (SSSR count). The molecular weight excluding hydrogens is 290 g/mol. The first-order valence-electron chi connectivity index (χ1n) is 8.50. The third-order valence-corrected chi connectivity index (χ3v) is 3.84. The van der Waals surface area contributed by atoms with Crippen molar-refractivity contribution in [1.82, 2.24) is 4.98 Å². The number of nitrogens with one attached hydrogen (secondary N) is 1. The van der Waals surface area contributed by atoms with Crippen LogP contribution in [0.1, 0.15) is 68.7 Å². The van der Waals surface area contributed by atoms with Crippen LogP contribution in [-0.2, 0) is 16.1 Å². The van der Waals surface area contributed by atoms with Gasteiger partial charge >= 0.3 is 5.97 Å². The van der Waals surface area contributed by atoms with E-state index in [0.29, 0.717) is 24.8 Å². The van der Waals surface area contributed by atoms with Crippen molar-refractivity contribution in [2.24, 2.45) is 5.92 Å². The van der Waals surface area contributed by atoms with E-state index in [1.807, 2.05) is 13.0 Å². The Kier molecular flexibility index (Phi) is 8.70. The van der Waals surface area contributed by atoms with Gasteiger partial charge in [-0.15, -0.1) is 0 Å². The third-order valence-electron chi connectivity index (χ3n) is 3.84. The number of H-pyrrole nitrogens is 1. The van der Waals surface area contributed by atoms with Gasteiger partial charge in [-0.25, -0.2) is 4.79 Å². The van der Waals surface area contributed by atoms with Crippen molar-refractivity contribution in [1.29, 1.82) is 0 Å². The second-order valence-corrected chi connectivity index (χ2v) is 6.36. The Morgan fingerprint density at radius 3 is 2.74 bits per heavy atom. The Morgan fingerprint density at radius 1 is 1.35 bits per heavy atom. The van der Waals surface area contributed by atoms with E-state index < -0.39 is 0 Å². The van der Waals surface area contributed by atoms with Crippen LogP contribution in [0, 0.1) is 12.8 Å². The zero-order valence-electron chi connectivity index (χ0n) is 15.2. The van der Waals surface area contributed by atoms with Gasteiger partial charge in [-0.3, -0.25) is 0 Å². The first-order chi connectivity index (χ1) is 10.9. The van der Waals surface area contributed by atoms with Gasteiger partial charge < -0.3 is 14.5 Å². The van der Waals surface area contributed by atoms with E-state index in [-0.39, 0.29) is 5.97 Å². The van der Waals surface area contributed by atoms with Crippen LogP contribution in [0.5, 0.6) is 0 Å².